The molecule has 10 heteroatoms. The maximum atomic E-state index is 12.4. The predicted octanol–water partition coefficient (Wildman–Crippen LogP) is 1.69. The Balaban J connectivity index is 1.59. The van der Waals surface area contributed by atoms with E-state index in [-0.39, 0.29) is 18.0 Å². The molecule has 0 fully saturated rings. The maximum Gasteiger partial charge on any atom is 0.267 e. The van der Waals surface area contributed by atoms with E-state index in [1.165, 1.54) is 6.07 Å². The molecule has 1 aromatic carbocycles. The minimum atomic E-state index is -0.379. The summed E-state index contributed by atoms with van der Waals surface area (Å²) in [6.45, 7) is 3.55. The third-order valence-corrected chi connectivity index (χ3v) is 4.48. The van der Waals surface area contributed by atoms with Crippen molar-refractivity contribution in [2.75, 3.05) is 5.32 Å². The second kappa shape index (κ2) is 6.72. The van der Waals surface area contributed by atoms with Gasteiger partial charge in [0, 0.05) is 11.8 Å². The third-order valence-electron chi connectivity index (χ3n) is 3.93. The number of amides is 1. The number of rotatable bonds is 4. The Kier molecular flexibility index (Phi) is 4.24. The number of carbonyl (C=O) groups excluding carboxylic acids is 1. The smallest absolute Gasteiger partial charge is 0.267 e. The quantitative estimate of drug-likeness (QED) is 0.576. The van der Waals surface area contributed by atoms with Crippen LogP contribution in [0.3, 0.4) is 0 Å². The minimum Gasteiger partial charge on any atom is -0.322 e. The van der Waals surface area contributed by atoms with Crippen LogP contribution in [0.25, 0.3) is 16.9 Å². The normalized spacial score (nSPS) is 11.0. The zero-order chi connectivity index (χ0) is 19.0. The second-order valence-electron chi connectivity index (χ2n) is 6.01. The lowest BCUT2D eigenvalue weighted by atomic mass is 10.2. The second-order valence-corrected chi connectivity index (χ2v) is 6.54. The van der Waals surface area contributed by atoms with Crippen molar-refractivity contribution in [3.63, 3.8) is 0 Å². The molecule has 0 spiro atoms. The largest absolute Gasteiger partial charge is 0.322 e. The minimum absolute atomic E-state index is 0.222. The van der Waals surface area contributed by atoms with Gasteiger partial charge in [0.15, 0.2) is 5.82 Å². The van der Waals surface area contributed by atoms with Crippen LogP contribution in [-0.2, 0) is 11.3 Å². The van der Waals surface area contributed by atoms with E-state index in [9.17, 15) is 9.59 Å². The number of anilines is 1. The molecule has 9 nitrogen and oxygen atoms in total. The first-order chi connectivity index (χ1) is 13.0. The summed E-state index contributed by atoms with van der Waals surface area (Å²) in [5.41, 5.74) is 3.23. The summed E-state index contributed by atoms with van der Waals surface area (Å²) in [6.07, 6.45) is 0. The fourth-order valence-corrected chi connectivity index (χ4v) is 3.31. The van der Waals surface area contributed by atoms with Crippen molar-refractivity contribution in [1.82, 2.24) is 28.3 Å². The summed E-state index contributed by atoms with van der Waals surface area (Å²) in [5, 5.41) is 11.4. The Morgan fingerprint density at radius 3 is 2.78 bits per heavy atom. The van der Waals surface area contributed by atoms with E-state index in [0.717, 1.165) is 27.8 Å². The SMILES string of the molecule is Cc1cc(C)n(-c2ccc(=O)n(CC(=O)Nc3cccc4nsnc34)n2)n1. The first kappa shape index (κ1) is 17.0. The van der Waals surface area contributed by atoms with Gasteiger partial charge in [-0.05, 0) is 38.1 Å². The van der Waals surface area contributed by atoms with Crippen LogP contribution in [0.5, 0.6) is 0 Å². The van der Waals surface area contributed by atoms with Crippen LogP contribution in [0, 0.1) is 13.8 Å². The molecule has 0 atom stereocenters. The lowest BCUT2D eigenvalue weighted by Gasteiger charge is -2.09. The van der Waals surface area contributed by atoms with Gasteiger partial charge in [0.2, 0.25) is 5.91 Å². The van der Waals surface area contributed by atoms with Gasteiger partial charge in [0.05, 0.1) is 23.1 Å². The molecule has 0 radical (unpaired) electrons. The van der Waals surface area contributed by atoms with E-state index in [0.29, 0.717) is 22.5 Å². The molecule has 3 heterocycles. The molecule has 0 aliphatic rings. The molecule has 4 aromatic rings. The zero-order valence-electron chi connectivity index (χ0n) is 14.6. The van der Waals surface area contributed by atoms with Crippen molar-refractivity contribution in [1.29, 1.82) is 0 Å². The topological polar surface area (TPSA) is 108 Å². The highest BCUT2D eigenvalue weighted by Crippen LogP contribution is 2.21. The monoisotopic (exact) mass is 381 g/mol. The molecule has 27 heavy (non-hydrogen) atoms. The number of nitrogens with one attached hydrogen (secondary N) is 1. The molecule has 0 bridgehead atoms. The van der Waals surface area contributed by atoms with Crippen LogP contribution < -0.4 is 10.9 Å². The van der Waals surface area contributed by atoms with E-state index in [2.05, 4.69) is 24.3 Å². The summed E-state index contributed by atoms with van der Waals surface area (Å²) < 4.78 is 11.1. The average molecular weight is 381 g/mol. The fourth-order valence-electron chi connectivity index (χ4n) is 2.76. The standard InChI is InChI=1S/C17H15N7O2S/c1-10-8-11(2)24(19-10)14-6-7-16(26)23(20-14)9-15(25)18-12-4-3-5-13-17(12)22-27-21-13/h3-8H,9H2,1-2H3,(H,18,25). The molecule has 1 N–H and O–H groups in total. The molecular weight excluding hydrogens is 366 g/mol. The Morgan fingerprint density at radius 2 is 2.00 bits per heavy atom. The summed E-state index contributed by atoms with van der Waals surface area (Å²) in [7, 11) is 0. The maximum absolute atomic E-state index is 12.4. The van der Waals surface area contributed by atoms with Gasteiger partial charge < -0.3 is 5.32 Å². The Hall–Kier alpha value is -3.40. The van der Waals surface area contributed by atoms with E-state index < -0.39 is 0 Å². The predicted molar refractivity (Wildman–Crippen MR) is 101 cm³/mol. The lowest BCUT2D eigenvalue weighted by molar-refractivity contribution is -0.117. The fraction of sp³-hybridized carbons (Fsp3) is 0.176. The van der Waals surface area contributed by atoms with E-state index in [4.69, 9.17) is 0 Å². The van der Waals surface area contributed by atoms with Crippen molar-refractivity contribution >= 4 is 34.4 Å². The Bertz CT molecular complexity index is 1210. The molecule has 0 aliphatic heterocycles. The van der Waals surface area contributed by atoms with Gasteiger partial charge in [0.1, 0.15) is 17.6 Å². The molecule has 3 aromatic heterocycles. The highest BCUT2D eigenvalue weighted by atomic mass is 32.1. The number of hydrogen-bond acceptors (Lipinski definition) is 7. The Labute approximate surface area is 157 Å². The number of nitrogens with zero attached hydrogens (tertiary/aromatic N) is 6. The average Bonchev–Trinajstić information content (AvgIpc) is 3.23. The molecule has 1 amide bonds. The van der Waals surface area contributed by atoms with Gasteiger partial charge in [-0.15, -0.1) is 5.10 Å². The molecule has 0 unspecified atom stereocenters. The van der Waals surface area contributed by atoms with Gasteiger partial charge in [-0.25, -0.2) is 9.36 Å². The highest BCUT2D eigenvalue weighted by molar-refractivity contribution is 7.00. The van der Waals surface area contributed by atoms with Crippen LogP contribution in [0.15, 0.2) is 41.2 Å². The van der Waals surface area contributed by atoms with Crippen molar-refractivity contribution in [3.05, 3.63) is 58.1 Å². The molecule has 4 rings (SSSR count). The van der Waals surface area contributed by atoms with Crippen LogP contribution in [0.2, 0.25) is 0 Å². The third kappa shape index (κ3) is 3.34. The molecular formula is C17H15N7O2S. The van der Waals surface area contributed by atoms with Gasteiger partial charge >= 0.3 is 0 Å². The lowest BCUT2D eigenvalue weighted by Crippen LogP contribution is -2.30. The first-order valence-electron chi connectivity index (χ1n) is 8.14. The van der Waals surface area contributed by atoms with Crippen LogP contribution >= 0.6 is 11.7 Å². The van der Waals surface area contributed by atoms with Gasteiger partial charge in [-0.3, -0.25) is 9.59 Å². The first-order valence-corrected chi connectivity index (χ1v) is 8.87. The molecule has 136 valence electrons. The molecule has 0 saturated heterocycles. The molecule has 0 aliphatic carbocycles. The van der Waals surface area contributed by atoms with Crippen LogP contribution in [-0.4, -0.2) is 34.2 Å². The van der Waals surface area contributed by atoms with Crippen molar-refractivity contribution in [3.8, 4) is 5.82 Å². The highest BCUT2D eigenvalue weighted by Gasteiger charge is 2.12. The summed E-state index contributed by atoms with van der Waals surface area (Å²) in [4.78, 5) is 24.6. The van der Waals surface area contributed by atoms with Crippen molar-refractivity contribution in [2.24, 2.45) is 0 Å². The zero-order valence-corrected chi connectivity index (χ0v) is 15.4. The number of fused-ring (bicyclic) bond motifs is 1. The Morgan fingerprint density at radius 1 is 1.15 bits per heavy atom. The van der Waals surface area contributed by atoms with E-state index >= 15 is 0 Å². The van der Waals surface area contributed by atoms with Gasteiger partial charge in [-0.1, -0.05) is 6.07 Å². The van der Waals surface area contributed by atoms with Gasteiger partial charge in [0.25, 0.3) is 5.56 Å². The summed E-state index contributed by atoms with van der Waals surface area (Å²) in [5.74, 6) is 0.0921. The van der Waals surface area contributed by atoms with Crippen molar-refractivity contribution in [2.45, 2.75) is 20.4 Å². The van der Waals surface area contributed by atoms with Gasteiger partial charge in [-0.2, -0.15) is 13.8 Å². The number of carbonyl (C=O) groups is 1. The van der Waals surface area contributed by atoms with Crippen LogP contribution in [0.4, 0.5) is 5.69 Å². The number of benzene rings is 1. The van der Waals surface area contributed by atoms with Crippen molar-refractivity contribution < 1.29 is 4.79 Å². The molecule has 0 saturated carbocycles. The summed E-state index contributed by atoms with van der Waals surface area (Å²) >= 11 is 1.07. The van der Waals surface area contributed by atoms with E-state index in [1.807, 2.05) is 26.0 Å². The van der Waals surface area contributed by atoms with E-state index in [1.54, 1.807) is 22.9 Å². The number of aryl methyl sites for hydroxylation is 2. The number of hydrogen-bond donors (Lipinski definition) is 1. The summed E-state index contributed by atoms with van der Waals surface area (Å²) in [6, 6.07) is 10.2. The number of aromatic nitrogens is 6. The van der Waals surface area contributed by atoms with Crippen LogP contribution in [0.1, 0.15) is 11.4 Å².